The van der Waals surface area contributed by atoms with Gasteiger partial charge in [0.1, 0.15) is 0 Å². The number of aryl methyl sites for hydroxylation is 2. The molecule has 6 nitrogen and oxygen atoms in total. The largest absolute Gasteiger partial charge is 0.710 e. The molecule has 0 aliphatic heterocycles. The van der Waals surface area contributed by atoms with Crippen LogP contribution in [0.5, 0.6) is 0 Å². The number of aromatic amines is 1. The zero-order valence-electron chi connectivity index (χ0n) is 11.7. The molecule has 0 radical (unpaired) electrons. The summed E-state index contributed by atoms with van der Waals surface area (Å²) >= 11 is 0. The Morgan fingerprint density at radius 3 is 2.67 bits per heavy atom. The second-order valence-corrected chi connectivity index (χ2v) is 4.85. The van der Waals surface area contributed by atoms with Crippen LogP contribution in [0.2, 0.25) is 0 Å². The van der Waals surface area contributed by atoms with Gasteiger partial charge in [-0.2, -0.15) is 0 Å². The van der Waals surface area contributed by atoms with Crippen molar-refractivity contribution in [3.8, 4) is 22.8 Å². The number of hydrogen-bond donors (Lipinski definition) is 1. The average molecular weight is 282 g/mol. The molecule has 1 aromatic carbocycles. The molecule has 0 amide bonds. The molecule has 106 valence electrons. The monoisotopic (exact) mass is 282 g/mol. The smallest absolute Gasteiger partial charge is 0.251 e. The lowest BCUT2D eigenvalue weighted by Crippen LogP contribution is -2.27. The predicted molar refractivity (Wildman–Crippen MR) is 78.4 cm³/mol. The van der Waals surface area contributed by atoms with Crippen LogP contribution in [0.3, 0.4) is 0 Å². The fourth-order valence-corrected chi connectivity index (χ4v) is 2.39. The van der Waals surface area contributed by atoms with Crippen LogP contribution in [0, 0.1) is 12.1 Å². The first-order valence-electron chi connectivity index (χ1n) is 6.48. The Kier molecular flexibility index (Phi) is 3.06. The van der Waals surface area contributed by atoms with E-state index in [1.165, 1.54) is 12.4 Å². The molecule has 6 heteroatoms. The highest BCUT2D eigenvalue weighted by Crippen LogP contribution is 2.26. The molecule has 0 unspecified atom stereocenters. The first kappa shape index (κ1) is 13.1. The van der Waals surface area contributed by atoms with Crippen LogP contribution in [0.4, 0.5) is 0 Å². The Bertz CT molecular complexity index is 850. The van der Waals surface area contributed by atoms with Crippen LogP contribution in [-0.2, 0) is 7.05 Å². The molecule has 21 heavy (non-hydrogen) atoms. The van der Waals surface area contributed by atoms with E-state index in [-0.39, 0.29) is 11.4 Å². The van der Waals surface area contributed by atoms with Gasteiger partial charge in [0, 0.05) is 17.3 Å². The van der Waals surface area contributed by atoms with E-state index in [9.17, 15) is 10.0 Å². The number of aromatic nitrogens is 4. The maximum Gasteiger partial charge on any atom is 0.251 e. The fourth-order valence-electron chi connectivity index (χ4n) is 2.39. The molecule has 2 heterocycles. The van der Waals surface area contributed by atoms with Crippen molar-refractivity contribution in [2.24, 2.45) is 7.05 Å². The Morgan fingerprint density at radius 2 is 2.00 bits per heavy atom. The molecular formula is C15H14N4O2. The van der Waals surface area contributed by atoms with Gasteiger partial charge >= 0.3 is 0 Å². The third kappa shape index (κ3) is 2.31. The summed E-state index contributed by atoms with van der Waals surface area (Å²) in [6.45, 7) is 1.72. The van der Waals surface area contributed by atoms with Crippen molar-refractivity contribution < 1.29 is 4.73 Å². The minimum Gasteiger partial charge on any atom is -0.710 e. The van der Waals surface area contributed by atoms with E-state index in [0.717, 1.165) is 10.3 Å². The van der Waals surface area contributed by atoms with Gasteiger partial charge in [0.25, 0.3) is 5.56 Å². The van der Waals surface area contributed by atoms with Gasteiger partial charge in [-0.25, -0.2) is 14.3 Å². The topological polar surface area (TPSA) is 77.6 Å². The van der Waals surface area contributed by atoms with Gasteiger partial charge in [0.05, 0.1) is 7.05 Å². The summed E-state index contributed by atoms with van der Waals surface area (Å²) in [7, 11) is 1.79. The van der Waals surface area contributed by atoms with E-state index in [4.69, 9.17) is 0 Å². The summed E-state index contributed by atoms with van der Waals surface area (Å²) in [4.78, 5) is 18.5. The van der Waals surface area contributed by atoms with Crippen molar-refractivity contribution in [3.63, 3.8) is 0 Å². The van der Waals surface area contributed by atoms with E-state index in [0.29, 0.717) is 17.1 Å². The summed E-state index contributed by atoms with van der Waals surface area (Å²) in [6, 6.07) is 10.9. The van der Waals surface area contributed by atoms with Crippen LogP contribution in [0.25, 0.3) is 22.8 Å². The molecule has 0 atom stereocenters. The zero-order valence-corrected chi connectivity index (χ0v) is 11.7. The molecule has 0 saturated carbocycles. The Balaban J connectivity index is 2.31. The first-order chi connectivity index (χ1) is 10.1. The minimum atomic E-state index is -0.277. The molecule has 0 saturated heterocycles. The number of rotatable bonds is 2. The number of benzene rings is 1. The average Bonchev–Trinajstić information content (AvgIpc) is 2.73. The SMILES string of the molecule is Cc1cc(=O)[nH]c(-c2c(-c3ccccc3)n(C)c[n+]2[O-])n1. The third-order valence-electron chi connectivity index (χ3n) is 3.22. The van der Waals surface area contributed by atoms with Gasteiger partial charge in [0.2, 0.25) is 12.0 Å². The Hall–Kier alpha value is -2.89. The highest BCUT2D eigenvalue weighted by atomic mass is 16.5. The van der Waals surface area contributed by atoms with E-state index >= 15 is 0 Å². The normalized spacial score (nSPS) is 10.8. The van der Waals surface area contributed by atoms with Crippen molar-refractivity contribution in [2.75, 3.05) is 0 Å². The van der Waals surface area contributed by atoms with Crippen LogP contribution in [0.1, 0.15) is 5.69 Å². The van der Waals surface area contributed by atoms with E-state index < -0.39 is 0 Å². The lowest BCUT2D eigenvalue weighted by atomic mass is 10.1. The molecule has 2 aromatic heterocycles. The van der Waals surface area contributed by atoms with Crippen molar-refractivity contribution in [1.82, 2.24) is 14.5 Å². The van der Waals surface area contributed by atoms with Crippen molar-refractivity contribution >= 4 is 0 Å². The zero-order chi connectivity index (χ0) is 15.0. The maximum atomic E-state index is 12.2. The molecule has 0 spiro atoms. The number of hydrogen-bond acceptors (Lipinski definition) is 3. The fraction of sp³-hybridized carbons (Fsp3) is 0.133. The Labute approximate surface area is 120 Å². The summed E-state index contributed by atoms with van der Waals surface area (Å²) in [6.07, 6.45) is 1.42. The molecule has 1 N–H and O–H groups in total. The maximum absolute atomic E-state index is 12.2. The first-order valence-corrected chi connectivity index (χ1v) is 6.48. The van der Waals surface area contributed by atoms with Crippen LogP contribution in [0.15, 0.2) is 47.5 Å². The van der Waals surface area contributed by atoms with Gasteiger partial charge < -0.3 is 10.2 Å². The Morgan fingerprint density at radius 1 is 1.29 bits per heavy atom. The lowest BCUT2D eigenvalue weighted by Gasteiger charge is -2.05. The second-order valence-electron chi connectivity index (χ2n) is 4.85. The summed E-state index contributed by atoms with van der Waals surface area (Å²) in [5, 5.41) is 12.2. The summed E-state index contributed by atoms with van der Waals surface area (Å²) in [5.74, 6) is 0.273. The quantitative estimate of drug-likeness (QED) is 0.570. The summed E-state index contributed by atoms with van der Waals surface area (Å²) in [5.41, 5.74) is 2.22. The predicted octanol–water partition coefficient (Wildman–Crippen LogP) is 1.38. The van der Waals surface area contributed by atoms with Crippen LogP contribution < -0.4 is 10.3 Å². The van der Waals surface area contributed by atoms with Crippen LogP contribution >= 0.6 is 0 Å². The molecule has 0 aliphatic carbocycles. The minimum absolute atomic E-state index is 0.273. The number of imidazole rings is 1. The highest BCUT2D eigenvalue weighted by molar-refractivity contribution is 5.73. The standard InChI is InChI=1S/C15H14N4O2/c1-10-8-12(20)17-15(16-10)14-13(18(2)9-19(14)21)11-6-4-3-5-7-11/h3-9H,1-2H3,(H,16,17,20). The molecular weight excluding hydrogens is 268 g/mol. The van der Waals surface area contributed by atoms with E-state index in [2.05, 4.69) is 9.97 Å². The number of nitrogens with one attached hydrogen (secondary N) is 1. The van der Waals surface area contributed by atoms with Crippen molar-refractivity contribution in [1.29, 1.82) is 0 Å². The molecule has 0 fully saturated rings. The van der Waals surface area contributed by atoms with Gasteiger partial charge in [-0.05, 0) is 6.92 Å². The van der Waals surface area contributed by atoms with E-state index in [1.54, 1.807) is 18.5 Å². The molecule has 3 rings (SSSR count). The summed E-state index contributed by atoms with van der Waals surface area (Å²) < 4.78 is 2.44. The number of H-pyrrole nitrogens is 1. The van der Waals surface area contributed by atoms with Crippen molar-refractivity contribution in [2.45, 2.75) is 6.92 Å². The van der Waals surface area contributed by atoms with Gasteiger partial charge in [-0.1, -0.05) is 30.3 Å². The van der Waals surface area contributed by atoms with Gasteiger partial charge in [-0.15, -0.1) is 0 Å². The highest BCUT2D eigenvalue weighted by Gasteiger charge is 2.23. The van der Waals surface area contributed by atoms with Gasteiger partial charge in [-0.3, -0.25) is 4.79 Å². The molecule has 0 aliphatic rings. The van der Waals surface area contributed by atoms with E-state index in [1.807, 2.05) is 30.3 Å². The van der Waals surface area contributed by atoms with Gasteiger partial charge in [0.15, 0.2) is 11.5 Å². The molecule has 3 aromatic rings. The second kappa shape index (κ2) is 4.90. The third-order valence-corrected chi connectivity index (χ3v) is 3.22. The van der Waals surface area contributed by atoms with Crippen molar-refractivity contribution in [3.05, 3.63) is 64.0 Å². The lowest BCUT2D eigenvalue weighted by molar-refractivity contribution is -0.593. The van der Waals surface area contributed by atoms with Crippen LogP contribution in [-0.4, -0.2) is 14.5 Å². The molecule has 0 bridgehead atoms. The number of nitrogens with zero attached hydrogens (tertiary/aromatic N) is 3.